The van der Waals surface area contributed by atoms with Gasteiger partial charge in [0.15, 0.2) is 5.60 Å². The van der Waals surface area contributed by atoms with Gasteiger partial charge in [-0.1, -0.05) is 87.6 Å². The van der Waals surface area contributed by atoms with Crippen LogP contribution in [0.5, 0.6) is 11.5 Å². The molecular weight excluding hydrogens is 508 g/mol. The van der Waals surface area contributed by atoms with Crippen LogP contribution in [0.4, 0.5) is 17.1 Å². The Kier molecular flexibility index (Phi) is 7.69. The van der Waals surface area contributed by atoms with Crippen LogP contribution in [-0.2, 0) is 16.8 Å². The van der Waals surface area contributed by atoms with E-state index in [2.05, 4.69) is 41.8 Å². The van der Waals surface area contributed by atoms with Crippen LogP contribution < -0.4 is 15.4 Å². The van der Waals surface area contributed by atoms with Crippen LogP contribution in [-0.4, -0.2) is 12.5 Å². The average Bonchev–Trinajstić information content (AvgIpc) is 3.31. The Labute approximate surface area is 242 Å². The molecule has 0 radical (unpaired) electrons. The predicted molar refractivity (Wildman–Crippen MR) is 166 cm³/mol. The van der Waals surface area contributed by atoms with E-state index in [-0.39, 0.29) is 5.97 Å². The fourth-order valence-corrected chi connectivity index (χ4v) is 6.22. The predicted octanol–water partition coefficient (Wildman–Crippen LogP) is 9.33. The number of carbonyl (C=O) groups excluding carboxylic acids is 1. The first-order valence-corrected chi connectivity index (χ1v) is 15.0. The number of fused-ring (bicyclic) bond motifs is 6. The van der Waals surface area contributed by atoms with E-state index in [1.54, 1.807) is 0 Å². The summed E-state index contributed by atoms with van der Waals surface area (Å²) in [5, 5.41) is 7.03. The van der Waals surface area contributed by atoms with Gasteiger partial charge < -0.3 is 20.1 Å². The largest absolute Gasteiger partial charge is 0.456 e. The van der Waals surface area contributed by atoms with Gasteiger partial charge in [-0.15, -0.1) is 0 Å². The normalized spacial score (nSPS) is 14.0. The van der Waals surface area contributed by atoms with Gasteiger partial charge in [-0.25, -0.2) is 4.79 Å². The van der Waals surface area contributed by atoms with Crippen molar-refractivity contribution in [3.63, 3.8) is 0 Å². The van der Waals surface area contributed by atoms with Gasteiger partial charge in [0.2, 0.25) is 0 Å². The van der Waals surface area contributed by atoms with Crippen LogP contribution in [0.15, 0.2) is 84.9 Å². The summed E-state index contributed by atoms with van der Waals surface area (Å²) < 4.78 is 12.8. The van der Waals surface area contributed by atoms with Gasteiger partial charge in [-0.2, -0.15) is 0 Å². The van der Waals surface area contributed by atoms with Gasteiger partial charge in [-0.3, -0.25) is 0 Å². The van der Waals surface area contributed by atoms with Crippen LogP contribution in [0.2, 0.25) is 0 Å². The maximum absolute atomic E-state index is 13.8. The maximum Gasteiger partial charge on any atom is 0.342 e. The van der Waals surface area contributed by atoms with Crippen LogP contribution >= 0.6 is 0 Å². The molecule has 4 aromatic rings. The first-order chi connectivity index (χ1) is 20.2. The summed E-state index contributed by atoms with van der Waals surface area (Å²) in [6.45, 7) is 4.97. The number of benzene rings is 4. The van der Waals surface area contributed by atoms with Gasteiger partial charge in [-0.05, 0) is 61.7 Å². The molecule has 0 amide bonds. The summed E-state index contributed by atoms with van der Waals surface area (Å²) in [5.74, 6) is 1.02. The van der Waals surface area contributed by atoms with Crippen LogP contribution in [0.3, 0.4) is 0 Å². The van der Waals surface area contributed by atoms with E-state index in [0.29, 0.717) is 23.6 Å². The summed E-state index contributed by atoms with van der Waals surface area (Å²) in [7, 11) is 0. The fraction of sp³-hybridized carbons (Fsp3) is 0.306. The number of para-hydroxylation sites is 2. The van der Waals surface area contributed by atoms with Crippen molar-refractivity contribution in [2.45, 2.75) is 64.4 Å². The zero-order chi connectivity index (χ0) is 28.2. The molecule has 210 valence electrons. The van der Waals surface area contributed by atoms with Crippen molar-refractivity contribution in [1.82, 2.24) is 0 Å². The summed E-state index contributed by atoms with van der Waals surface area (Å²) in [6, 6.07) is 28.4. The number of hydrogen-bond acceptors (Lipinski definition) is 5. The van der Waals surface area contributed by atoms with Gasteiger partial charge in [0.1, 0.15) is 11.5 Å². The topological polar surface area (TPSA) is 59.6 Å². The zero-order valence-corrected chi connectivity index (χ0v) is 24.0. The van der Waals surface area contributed by atoms with Crippen molar-refractivity contribution in [3.05, 3.63) is 113 Å². The minimum absolute atomic E-state index is 0.347. The molecule has 0 aliphatic carbocycles. The Morgan fingerprint density at radius 1 is 0.707 bits per heavy atom. The second kappa shape index (κ2) is 11.7. The molecule has 0 bridgehead atoms. The van der Waals surface area contributed by atoms with Crippen molar-refractivity contribution in [3.8, 4) is 11.5 Å². The first-order valence-electron chi connectivity index (χ1n) is 15.0. The van der Waals surface area contributed by atoms with Gasteiger partial charge in [0.05, 0.1) is 5.56 Å². The standard InChI is InChI=1S/C36H38N2O3/c1-3-5-6-7-8-9-14-25-19-21-26(22-20-25)38-30-24-23-29(37-4-2)33-34(30)36(41-35(33)39)27-15-10-12-17-31(27)40-32-18-13-11-16-28(32)36/h10-13,15-24,37-38H,3-9,14H2,1-2H3. The monoisotopic (exact) mass is 546 g/mol. The molecule has 4 aromatic carbocycles. The SMILES string of the molecule is CCCCCCCCc1ccc(Nc2ccc(NCC)c3c2C2(OC3=O)c3ccccc3Oc3ccccc32)cc1. The second-order valence-corrected chi connectivity index (χ2v) is 10.9. The maximum atomic E-state index is 13.8. The fourth-order valence-electron chi connectivity index (χ4n) is 6.22. The van der Waals surface area contributed by atoms with E-state index in [0.717, 1.165) is 40.2 Å². The Bertz CT molecular complexity index is 1500. The lowest BCUT2D eigenvalue weighted by atomic mass is 9.76. The van der Waals surface area contributed by atoms with Gasteiger partial charge in [0, 0.05) is 40.3 Å². The van der Waals surface area contributed by atoms with E-state index in [1.807, 2.05) is 67.6 Å². The molecule has 2 aliphatic heterocycles. The summed E-state index contributed by atoms with van der Waals surface area (Å²) in [5.41, 5.74) is 5.79. The number of rotatable bonds is 11. The molecule has 2 aliphatic rings. The molecule has 0 fully saturated rings. The third-order valence-electron chi connectivity index (χ3n) is 8.18. The summed E-state index contributed by atoms with van der Waals surface area (Å²) in [6.07, 6.45) is 8.88. The van der Waals surface area contributed by atoms with Crippen molar-refractivity contribution in [2.75, 3.05) is 17.2 Å². The first kappa shape index (κ1) is 26.9. The highest BCUT2D eigenvalue weighted by Gasteiger charge is 2.55. The van der Waals surface area contributed by atoms with E-state index in [9.17, 15) is 4.79 Å². The molecule has 1 spiro atoms. The smallest absolute Gasteiger partial charge is 0.342 e. The molecule has 0 atom stereocenters. The average molecular weight is 547 g/mol. The third-order valence-corrected chi connectivity index (χ3v) is 8.18. The Balaban J connectivity index is 1.38. The zero-order valence-electron chi connectivity index (χ0n) is 24.0. The number of unbranched alkanes of at least 4 members (excludes halogenated alkanes) is 5. The molecule has 2 N–H and O–H groups in total. The number of anilines is 3. The molecule has 2 heterocycles. The molecule has 0 saturated heterocycles. The minimum atomic E-state index is -1.14. The molecule has 6 rings (SSSR count). The van der Waals surface area contributed by atoms with E-state index in [4.69, 9.17) is 9.47 Å². The molecule has 5 heteroatoms. The molecule has 0 unspecified atom stereocenters. The quantitative estimate of drug-likeness (QED) is 0.145. The van der Waals surface area contributed by atoms with Crippen LogP contribution in [0.25, 0.3) is 0 Å². The lowest BCUT2D eigenvalue weighted by Crippen LogP contribution is -2.33. The molecule has 0 saturated carbocycles. The minimum Gasteiger partial charge on any atom is -0.456 e. The van der Waals surface area contributed by atoms with E-state index in [1.165, 1.54) is 44.1 Å². The number of aryl methyl sites for hydroxylation is 1. The number of carbonyl (C=O) groups is 1. The van der Waals surface area contributed by atoms with Crippen molar-refractivity contribution < 1.29 is 14.3 Å². The Morgan fingerprint density at radius 2 is 1.34 bits per heavy atom. The lowest BCUT2D eigenvalue weighted by Gasteiger charge is -2.37. The Morgan fingerprint density at radius 3 is 2.02 bits per heavy atom. The van der Waals surface area contributed by atoms with Crippen molar-refractivity contribution in [2.24, 2.45) is 0 Å². The number of ether oxygens (including phenoxy) is 2. The van der Waals surface area contributed by atoms with Crippen molar-refractivity contribution in [1.29, 1.82) is 0 Å². The van der Waals surface area contributed by atoms with Gasteiger partial charge in [0.25, 0.3) is 0 Å². The number of hydrogen-bond donors (Lipinski definition) is 2. The molecule has 0 aromatic heterocycles. The second-order valence-electron chi connectivity index (χ2n) is 10.9. The van der Waals surface area contributed by atoms with Gasteiger partial charge >= 0.3 is 5.97 Å². The molecule has 41 heavy (non-hydrogen) atoms. The third kappa shape index (κ3) is 4.94. The van der Waals surface area contributed by atoms with Crippen LogP contribution in [0, 0.1) is 0 Å². The molecule has 5 nitrogen and oxygen atoms in total. The van der Waals surface area contributed by atoms with Crippen LogP contribution in [0.1, 0.15) is 85.0 Å². The Hall–Kier alpha value is -4.25. The lowest BCUT2D eigenvalue weighted by molar-refractivity contribution is 0.0226. The summed E-state index contributed by atoms with van der Waals surface area (Å²) in [4.78, 5) is 13.8. The molecular formula is C36H38N2O3. The highest BCUT2D eigenvalue weighted by molar-refractivity contribution is 6.04. The van der Waals surface area contributed by atoms with Crippen molar-refractivity contribution >= 4 is 23.0 Å². The summed E-state index contributed by atoms with van der Waals surface area (Å²) >= 11 is 0. The number of nitrogens with one attached hydrogen (secondary N) is 2. The van der Waals surface area contributed by atoms with E-state index < -0.39 is 5.60 Å². The van der Waals surface area contributed by atoms with E-state index >= 15 is 0 Å². The highest BCUT2D eigenvalue weighted by atomic mass is 16.6. The highest BCUT2D eigenvalue weighted by Crippen LogP contribution is 2.58. The number of esters is 1.